The lowest BCUT2D eigenvalue weighted by molar-refractivity contribution is -0.0196. The third-order valence-corrected chi connectivity index (χ3v) is 4.98. The first-order chi connectivity index (χ1) is 18.1. The molecule has 37 heavy (non-hydrogen) atoms. The van der Waals surface area contributed by atoms with Gasteiger partial charge in [0.15, 0.2) is 0 Å². The lowest BCUT2D eigenvalue weighted by Gasteiger charge is -2.10. The second-order valence-electron chi connectivity index (χ2n) is 8.47. The van der Waals surface area contributed by atoms with E-state index in [0.29, 0.717) is 84.8 Å². The van der Waals surface area contributed by atoms with Crippen LogP contribution >= 0.6 is 0 Å². The highest BCUT2D eigenvalue weighted by Crippen LogP contribution is 2.10. The monoisotopic (exact) mass is 528 g/mol. The molecule has 0 radical (unpaired) electrons. The predicted octanol–water partition coefficient (Wildman–Crippen LogP) is 2.72. The van der Waals surface area contributed by atoms with Crippen molar-refractivity contribution in [2.24, 2.45) is 0 Å². The summed E-state index contributed by atoms with van der Waals surface area (Å²) in [6.07, 6.45) is 2.26. The van der Waals surface area contributed by atoms with E-state index in [-0.39, 0.29) is 12.6 Å². The Bertz CT molecular complexity index is 646. The maximum absolute atomic E-state index is 12.1. The van der Waals surface area contributed by atoms with Crippen LogP contribution in [-0.4, -0.2) is 124 Å². The summed E-state index contributed by atoms with van der Waals surface area (Å²) < 4.78 is 37.9. The highest BCUT2D eigenvalue weighted by atomic mass is 16.6. The van der Waals surface area contributed by atoms with Gasteiger partial charge < -0.3 is 43.4 Å². The molecule has 0 aliphatic rings. The zero-order valence-electron chi connectivity index (χ0n) is 23.0. The first-order valence-electron chi connectivity index (χ1n) is 13.3. The Labute approximate surface area is 222 Å². The van der Waals surface area contributed by atoms with Crippen LogP contribution in [0, 0.1) is 0 Å². The van der Waals surface area contributed by atoms with Crippen molar-refractivity contribution in [3.63, 3.8) is 0 Å². The molecule has 0 amide bonds. The predicted molar refractivity (Wildman–Crippen MR) is 144 cm³/mol. The maximum atomic E-state index is 12.1. The fourth-order valence-corrected chi connectivity index (χ4v) is 2.86. The molecule has 214 valence electrons. The molecule has 10 nitrogen and oxygen atoms in total. The minimum absolute atomic E-state index is 0.202. The lowest BCUT2D eigenvalue weighted by Crippen LogP contribution is -2.19. The zero-order valence-corrected chi connectivity index (χ0v) is 23.0. The molecule has 0 aromatic heterocycles. The van der Waals surface area contributed by atoms with Crippen molar-refractivity contribution in [2.45, 2.75) is 19.8 Å². The Balaban J connectivity index is 1.80. The number of esters is 1. The fraction of sp³-hybridized carbons (Fsp3) is 0.741. The standard InChI is InChI=1S/C27H48N2O8/c1-4-5-10-28-26-8-6-25(7-9-26)27(30)37-24-23-36-22-21-35-20-19-34-18-17-33-16-15-32-14-13-31-12-11-29(2)3/h6-9,28H,4-5,10-24H2,1-3H3. The van der Waals surface area contributed by atoms with Crippen LogP contribution < -0.4 is 5.32 Å². The van der Waals surface area contributed by atoms with E-state index in [1.54, 1.807) is 12.1 Å². The van der Waals surface area contributed by atoms with Crippen LogP contribution in [0.1, 0.15) is 30.1 Å². The third kappa shape index (κ3) is 20.9. The molecule has 1 N–H and O–H groups in total. The minimum atomic E-state index is -0.352. The number of carbonyl (C=O) groups is 1. The summed E-state index contributed by atoms with van der Waals surface area (Å²) in [6, 6.07) is 7.30. The normalized spacial score (nSPS) is 11.2. The Hall–Kier alpha value is -1.79. The molecule has 0 atom stereocenters. The lowest BCUT2D eigenvalue weighted by atomic mass is 10.2. The van der Waals surface area contributed by atoms with Crippen molar-refractivity contribution in [3.8, 4) is 0 Å². The average molecular weight is 529 g/mol. The Morgan fingerprint density at radius 1 is 0.676 bits per heavy atom. The summed E-state index contributed by atoms with van der Waals surface area (Å²) in [5.41, 5.74) is 1.53. The molecule has 0 aliphatic carbocycles. The van der Waals surface area contributed by atoms with Gasteiger partial charge in [-0.05, 0) is 44.8 Å². The number of rotatable bonds is 26. The van der Waals surface area contributed by atoms with E-state index in [4.69, 9.17) is 33.2 Å². The van der Waals surface area contributed by atoms with Gasteiger partial charge >= 0.3 is 5.97 Å². The highest BCUT2D eigenvalue weighted by Gasteiger charge is 2.06. The fourth-order valence-electron chi connectivity index (χ4n) is 2.86. The van der Waals surface area contributed by atoms with E-state index in [1.807, 2.05) is 26.2 Å². The average Bonchev–Trinajstić information content (AvgIpc) is 2.89. The van der Waals surface area contributed by atoms with E-state index < -0.39 is 0 Å². The number of likely N-dealkylation sites (N-methyl/N-ethyl adjacent to an activating group) is 1. The highest BCUT2D eigenvalue weighted by molar-refractivity contribution is 5.89. The number of nitrogens with zero attached hydrogens (tertiary/aromatic N) is 1. The molecule has 0 fully saturated rings. The third-order valence-electron chi connectivity index (χ3n) is 4.98. The molecule has 0 saturated carbocycles. The zero-order chi connectivity index (χ0) is 26.8. The quantitative estimate of drug-likeness (QED) is 0.143. The largest absolute Gasteiger partial charge is 0.460 e. The molecule has 1 aromatic carbocycles. The van der Waals surface area contributed by atoms with Crippen molar-refractivity contribution >= 4 is 11.7 Å². The van der Waals surface area contributed by atoms with Gasteiger partial charge in [-0.15, -0.1) is 0 Å². The summed E-state index contributed by atoms with van der Waals surface area (Å²) in [6.45, 7) is 10.4. The van der Waals surface area contributed by atoms with Crippen molar-refractivity contribution < 1.29 is 38.0 Å². The van der Waals surface area contributed by atoms with Gasteiger partial charge in [0, 0.05) is 18.8 Å². The Kier molecular flexibility index (Phi) is 22.0. The maximum Gasteiger partial charge on any atom is 0.338 e. The first-order valence-corrected chi connectivity index (χ1v) is 13.3. The molecule has 0 unspecified atom stereocenters. The summed E-state index contributed by atoms with van der Waals surface area (Å²) in [7, 11) is 4.03. The first kappa shape index (κ1) is 33.2. The van der Waals surface area contributed by atoms with Crippen molar-refractivity contribution in [2.75, 3.05) is 118 Å². The number of ether oxygens (including phenoxy) is 7. The van der Waals surface area contributed by atoms with E-state index in [2.05, 4.69) is 17.1 Å². The van der Waals surface area contributed by atoms with Gasteiger partial charge in [-0.1, -0.05) is 13.3 Å². The Morgan fingerprint density at radius 3 is 1.54 bits per heavy atom. The second-order valence-corrected chi connectivity index (χ2v) is 8.47. The molecule has 0 saturated heterocycles. The van der Waals surface area contributed by atoms with E-state index >= 15 is 0 Å². The van der Waals surface area contributed by atoms with E-state index in [0.717, 1.165) is 31.6 Å². The van der Waals surface area contributed by atoms with Crippen molar-refractivity contribution in [1.82, 2.24) is 4.90 Å². The number of nitrogens with one attached hydrogen (secondary N) is 1. The molecule has 0 heterocycles. The number of hydrogen-bond donors (Lipinski definition) is 1. The number of anilines is 1. The Morgan fingerprint density at radius 2 is 1.11 bits per heavy atom. The van der Waals surface area contributed by atoms with Crippen molar-refractivity contribution in [3.05, 3.63) is 29.8 Å². The topological polar surface area (TPSA) is 97.0 Å². The number of hydrogen-bond acceptors (Lipinski definition) is 10. The van der Waals surface area contributed by atoms with Gasteiger partial charge in [0.05, 0.1) is 84.8 Å². The smallest absolute Gasteiger partial charge is 0.338 e. The van der Waals surface area contributed by atoms with Crippen LogP contribution in [-0.2, 0) is 33.2 Å². The minimum Gasteiger partial charge on any atom is -0.460 e. The van der Waals surface area contributed by atoms with E-state index in [1.165, 1.54) is 0 Å². The molecular formula is C27H48N2O8. The van der Waals surface area contributed by atoms with Gasteiger partial charge in [-0.3, -0.25) is 0 Å². The summed E-state index contributed by atoms with van der Waals surface area (Å²) in [5, 5.41) is 3.32. The number of benzene rings is 1. The molecule has 0 aliphatic heterocycles. The molecule has 0 bridgehead atoms. The van der Waals surface area contributed by atoms with Crippen LogP contribution in [0.4, 0.5) is 5.69 Å². The second kappa shape index (κ2) is 24.5. The van der Waals surface area contributed by atoms with Gasteiger partial charge in [0.2, 0.25) is 0 Å². The SMILES string of the molecule is CCCCNc1ccc(C(=O)OCCOCCOCCOCCOCCOCCOCCN(C)C)cc1. The number of unbranched alkanes of at least 4 members (excludes halogenated alkanes) is 1. The van der Waals surface area contributed by atoms with Crippen LogP contribution in [0.2, 0.25) is 0 Å². The van der Waals surface area contributed by atoms with Gasteiger partial charge in [0.1, 0.15) is 6.61 Å². The van der Waals surface area contributed by atoms with E-state index in [9.17, 15) is 4.79 Å². The summed E-state index contributed by atoms with van der Waals surface area (Å²) >= 11 is 0. The van der Waals surface area contributed by atoms with Crippen molar-refractivity contribution in [1.29, 1.82) is 0 Å². The molecular weight excluding hydrogens is 480 g/mol. The molecule has 1 rings (SSSR count). The summed E-state index contributed by atoms with van der Waals surface area (Å²) in [5.74, 6) is -0.352. The van der Waals surface area contributed by atoms with Crippen LogP contribution in [0.25, 0.3) is 0 Å². The molecule has 1 aromatic rings. The molecule has 0 spiro atoms. The van der Waals surface area contributed by atoms with Gasteiger partial charge in [-0.2, -0.15) is 0 Å². The molecule has 10 heteroatoms. The van der Waals surface area contributed by atoms with Crippen LogP contribution in [0.15, 0.2) is 24.3 Å². The van der Waals surface area contributed by atoms with Gasteiger partial charge in [-0.25, -0.2) is 4.79 Å². The van der Waals surface area contributed by atoms with Crippen LogP contribution in [0.3, 0.4) is 0 Å². The summed E-state index contributed by atoms with van der Waals surface area (Å²) in [4.78, 5) is 14.1. The van der Waals surface area contributed by atoms with Crippen LogP contribution in [0.5, 0.6) is 0 Å². The number of carbonyl (C=O) groups excluding carboxylic acids is 1. The van der Waals surface area contributed by atoms with Gasteiger partial charge in [0.25, 0.3) is 0 Å².